The van der Waals surface area contributed by atoms with E-state index in [-0.39, 0.29) is 12.1 Å². The van der Waals surface area contributed by atoms with E-state index in [0.717, 1.165) is 0 Å². The number of rotatable bonds is 4. The van der Waals surface area contributed by atoms with E-state index >= 15 is 0 Å². The molecule has 1 saturated heterocycles. The van der Waals surface area contributed by atoms with E-state index in [2.05, 4.69) is 15.3 Å². The molecule has 2 heterocycles. The van der Waals surface area contributed by atoms with E-state index in [0.29, 0.717) is 37.4 Å². The molecule has 1 aromatic rings. The Morgan fingerprint density at radius 3 is 2.59 bits per heavy atom. The first kappa shape index (κ1) is 16.2. The third kappa shape index (κ3) is 3.51. The van der Waals surface area contributed by atoms with Gasteiger partial charge in [0.25, 0.3) is 11.5 Å². The fraction of sp³-hybridized carbons (Fsp3) is 0.571. The molecule has 0 saturated carbocycles. The van der Waals surface area contributed by atoms with Gasteiger partial charge in [0.15, 0.2) is 5.69 Å². The predicted molar refractivity (Wildman–Crippen MR) is 76.8 cm³/mol. The maximum atomic E-state index is 12.4. The van der Waals surface area contributed by atoms with Crippen molar-refractivity contribution < 1.29 is 19.4 Å². The Kier molecular flexibility index (Phi) is 4.60. The van der Waals surface area contributed by atoms with Crippen LogP contribution < -0.4 is 10.9 Å². The summed E-state index contributed by atoms with van der Waals surface area (Å²) in [6.45, 7) is 4.11. The van der Waals surface area contributed by atoms with E-state index in [9.17, 15) is 14.4 Å². The van der Waals surface area contributed by atoms with Crippen molar-refractivity contribution >= 4 is 11.9 Å². The Bertz CT molecular complexity index is 646. The van der Waals surface area contributed by atoms with E-state index in [4.69, 9.17) is 9.84 Å². The van der Waals surface area contributed by atoms with Crippen LogP contribution in [0.5, 0.6) is 0 Å². The molecular formula is C14H19N3O5. The number of aliphatic carboxylic acids is 1. The number of ether oxygens (including phenoxy) is 1. The lowest BCUT2D eigenvalue weighted by atomic mass is 9.86. The second kappa shape index (κ2) is 6.27. The van der Waals surface area contributed by atoms with Gasteiger partial charge in [0.1, 0.15) is 0 Å². The van der Waals surface area contributed by atoms with Crippen LogP contribution in [0.1, 0.15) is 41.1 Å². The first-order valence-electron chi connectivity index (χ1n) is 7.02. The average molecular weight is 309 g/mol. The number of carbonyl (C=O) groups is 2. The van der Waals surface area contributed by atoms with E-state index in [1.807, 2.05) is 0 Å². The lowest BCUT2D eigenvalue weighted by molar-refractivity contribution is -0.139. The minimum absolute atomic E-state index is 0.217. The molecule has 1 aliphatic heterocycles. The summed E-state index contributed by atoms with van der Waals surface area (Å²) in [5.74, 6) is -1.67. The molecule has 1 amide bonds. The zero-order valence-corrected chi connectivity index (χ0v) is 12.6. The topological polar surface area (TPSA) is 121 Å². The Hall–Kier alpha value is -2.22. The quantitative estimate of drug-likeness (QED) is 0.727. The molecule has 0 radical (unpaired) electrons. The van der Waals surface area contributed by atoms with Crippen molar-refractivity contribution in [1.82, 2.24) is 15.3 Å². The molecule has 0 spiro atoms. The molecule has 8 heteroatoms. The molecule has 1 aromatic heterocycles. The molecule has 0 unspecified atom stereocenters. The van der Waals surface area contributed by atoms with E-state index < -0.39 is 23.0 Å². The largest absolute Gasteiger partial charge is 0.481 e. The van der Waals surface area contributed by atoms with Gasteiger partial charge in [-0.05, 0) is 26.7 Å². The van der Waals surface area contributed by atoms with Gasteiger partial charge in [0.2, 0.25) is 0 Å². The number of aromatic nitrogens is 2. The van der Waals surface area contributed by atoms with Gasteiger partial charge in [-0.3, -0.25) is 14.4 Å². The number of H-pyrrole nitrogens is 1. The van der Waals surface area contributed by atoms with Crippen molar-refractivity contribution in [3.63, 3.8) is 0 Å². The molecule has 0 atom stereocenters. The van der Waals surface area contributed by atoms with Crippen molar-refractivity contribution in [3.8, 4) is 0 Å². The van der Waals surface area contributed by atoms with Gasteiger partial charge < -0.3 is 20.1 Å². The first-order chi connectivity index (χ1) is 10.3. The minimum atomic E-state index is -1.01. The monoisotopic (exact) mass is 309 g/mol. The molecule has 8 nitrogen and oxygen atoms in total. The van der Waals surface area contributed by atoms with Gasteiger partial charge >= 0.3 is 5.97 Å². The summed E-state index contributed by atoms with van der Waals surface area (Å²) in [4.78, 5) is 41.9. The molecule has 120 valence electrons. The standard InChI is InChI=1S/C14H19N3O5/c1-8-9(2)16-12(20)11(15-8)13(21)17-14(7-10(18)19)3-5-22-6-4-14/h3-7H2,1-2H3,(H,16,20)(H,17,21)(H,18,19). The molecular weight excluding hydrogens is 290 g/mol. The third-order valence-electron chi connectivity index (χ3n) is 3.87. The van der Waals surface area contributed by atoms with Crippen LogP contribution in [0.4, 0.5) is 0 Å². The van der Waals surface area contributed by atoms with Crippen molar-refractivity contribution in [2.45, 2.75) is 38.6 Å². The Labute approximate surface area is 126 Å². The number of nitrogens with zero attached hydrogens (tertiary/aromatic N) is 1. The maximum Gasteiger partial charge on any atom is 0.305 e. The smallest absolute Gasteiger partial charge is 0.305 e. The zero-order chi connectivity index (χ0) is 16.3. The predicted octanol–water partition coefficient (Wildman–Crippen LogP) is 0.140. The van der Waals surface area contributed by atoms with Crippen LogP contribution in [0.15, 0.2) is 4.79 Å². The van der Waals surface area contributed by atoms with Gasteiger partial charge in [0.05, 0.1) is 17.7 Å². The molecule has 22 heavy (non-hydrogen) atoms. The van der Waals surface area contributed by atoms with Crippen LogP contribution in [-0.2, 0) is 9.53 Å². The van der Waals surface area contributed by atoms with Gasteiger partial charge in [-0.15, -0.1) is 0 Å². The van der Waals surface area contributed by atoms with Crippen LogP contribution in [0.2, 0.25) is 0 Å². The second-order valence-corrected chi connectivity index (χ2v) is 5.54. The van der Waals surface area contributed by atoms with Crippen LogP contribution in [0.3, 0.4) is 0 Å². The summed E-state index contributed by atoms with van der Waals surface area (Å²) < 4.78 is 5.22. The van der Waals surface area contributed by atoms with Crippen molar-refractivity contribution in [2.24, 2.45) is 0 Å². The number of amides is 1. The van der Waals surface area contributed by atoms with Gasteiger partial charge in [-0.25, -0.2) is 4.98 Å². The number of carboxylic acid groups (broad SMARTS) is 1. The van der Waals surface area contributed by atoms with Crippen molar-refractivity contribution in [1.29, 1.82) is 0 Å². The number of aromatic amines is 1. The average Bonchev–Trinajstić information content (AvgIpc) is 2.42. The minimum Gasteiger partial charge on any atom is -0.481 e. The Morgan fingerprint density at radius 2 is 2.00 bits per heavy atom. The summed E-state index contributed by atoms with van der Waals surface area (Å²) in [5, 5.41) is 11.8. The molecule has 1 fully saturated rings. The maximum absolute atomic E-state index is 12.4. The summed E-state index contributed by atoms with van der Waals surface area (Å²) >= 11 is 0. The summed E-state index contributed by atoms with van der Waals surface area (Å²) in [7, 11) is 0. The van der Waals surface area contributed by atoms with Crippen molar-refractivity contribution in [2.75, 3.05) is 13.2 Å². The van der Waals surface area contributed by atoms with Crippen LogP contribution in [0.25, 0.3) is 0 Å². The molecule has 2 rings (SSSR count). The fourth-order valence-electron chi connectivity index (χ4n) is 2.47. The highest BCUT2D eigenvalue weighted by molar-refractivity contribution is 5.92. The highest BCUT2D eigenvalue weighted by atomic mass is 16.5. The molecule has 0 bridgehead atoms. The zero-order valence-electron chi connectivity index (χ0n) is 12.6. The highest BCUT2D eigenvalue weighted by Crippen LogP contribution is 2.24. The molecule has 0 aliphatic carbocycles. The number of carbonyl (C=O) groups excluding carboxylic acids is 1. The normalized spacial score (nSPS) is 17.0. The van der Waals surface area contributed by atoms with Crippen LogP contribution >= 0.6 is 0 Å². The molecule has 3 N–H and O–H groups in total. The lowest BCUT2D eigenvalue weighted by Crippen LogP contribution is -2.54. The SMILES string of the molecule is Cc1nc(C(=O)NC2(CC(=O)O)CCOCC2)c(=O)[nH]c1C. The molecule has 0 aromatic carbocycles. The van der Waals surface area contributed by atoms with Crippen LogP contribution in [-0.4, -0.2) is 45.7 Å². The summed E-state index contributed by atoms with van der Waals surface area (Å²) in [5.41, 5.74) is -0.608. The van der Waals surface area contributed by atoms with Crippen molar-refractivity contribution in [3.05, 3.63) is 27.4 Å². The number of nitrogens with one attached hydrogen (secondary N) is 2. The van der Waals surface area contributed by atoms with Gasteiger partial charge in [0, 0.05) is 18.9 Å². The summed E-state index contributed by atoms with van der Waals surface area (Å²) in [6, 6.07) is 0. The molecule has 1 aliphatic rings. The van der Waals surface area contributed by atoms with E-state index in [1.165, 1.54) is 0 Å². The number of carboxylic acids is 1. The van der Waals surface area contributed by atoms with E-state index in [1.54, 1.807) is 13.8 Å². The number of hydrogen-bond acceptors (Lipinski definition) is 5. The van der Waals surface area contributed by atoms with Gasteiger partial charge in [-0.2, -0.15) is 0 Å². The fourth-order valence-corrected chi connectivity index (χ4v) is 2.47. The number of hydrogen-bond donors (Lipinski definition) is 3. The highest BCUT2D eigenvalue weighted by Gasteiger charge is 2.37. The van der Waals surface area contributed by atoms with Crippen LogP contribution in [0, 0.1) is 13.8 Å². The Balaban J connectivity index is 2.26. The first-order valence-corrected chi connectivity index (χ1v) is 7.02. The lowest BCUT2D eigenvalue weighted by Gasteiger charge is -2.36. The second-order valence-electron chi connectivity index (χ2n) is 5.54. The summed E-state index contributed by atoms with van der Waals surface area (Å²) in [6.07, 6.45) is 0.548. The third-order valence-corrected chi connectivity index (χ3v) is 3.87. The van der Waals surface area contributed by atoms with Gasteiger partial charge in [-0.1, -0.05) is 0 Å². The Morgan fingerprint density at radius 1 is 1.36 bits per heavy atom. The number of aryl methyl sites for hydroxylation is 2.